The molecule has 3 rings (SSSR count). The van der Waals surface area contributed by atoms with E-state index in [9.17, 15) is 5.26 Å². The lowest BCUT2D eigenvalue weighted by atomic mass is 10.0. The zero-order valence-electron chi connectivity index (χ0n) is 16.7. The summed E-state index contributed by atoms with van der Waals surface area (Å²) in [5, 5.41) is 10.4. The van der Waals surface area contributed by atoms with Crippen LogP contribution in [0.2, 0.25) is 0 Å². The van der Waals surface area contributed by atoms with Gasteiger partial charge in [-0.05, 0) is 55.9 Å². The molecule has 4 heteroatoms. The van der Waals surface area contributed by atoms with E-state index in [-0.39, 0.29) is 6.10 Å². The monoisotopic (exact) mass is 390 g/mol. The molecule has 0 spiro atoms. The topological polar surface area (TPSA) is 45.9 Å². The Bertz CT molecular complexity index is 957. The van der Waals surface area contributed by atoms with Crippen LogP contribution < -0.4 is 0 Å². The quantitative estimate of drug-likeness (QED) is 0.528. The summed E-state index contributed by atoms with van der Waals surface area (Å²) in [5.41, 5.74) is 4.36. The Balaban J connectivity index is 1.89. The van der Waals surface area contributed by atoms with Crippen LogP contribution in [0.4, 0.5) is 0 Å². The van der Waals surface area contributed by atoms with E-state index < -0.39 is 0 Å². The molecule has 0 N–H and O–H groups in total. The third-order valence-electron chi connectivity index (χ3n) is 4.57. The van der Waals surface area contributed by atoms with E-state index in [0.717, 1.165) is 17.0 Å². The van der Waals surface area contributed by atoms with E-state index in [2.05, 4.69) is 42.2 Å². The third kappa shape index (κ3) is 4.79. The summed E-state index contributed by atoms with van der Waals surface area (Å²) >= 11 is 1.71. The molecule has 1 aromatic heterocycles. The average molecular weight is 391 g/mol. The highest BCUT2D eigenvalue weighted by Gasteiger charge is 2.15. The number of hydrogen-bond acceptors (Lipinski definition) is 4. The summed E-state index contributed by atoms with van der Waals surface area (Å²) < 4.78 is 5.80. The Kier molecular flexibility index (Phi) is 6.84. The second kappa shape index (κ2) is 9.52. The number of rotatable bonds is 7. The average Bonchev–Trinajstić information content (AvgIpc) is 3.09. The lowest BCUT2D eigenvalue weighted by molar-refractivity contribution is 0.155. The summed E-state index contributed by atoms with van der Waals surface area (Å²) in [7, 11) is 0. The molecule has 144 valence electrons. The number of aromatic nitrogens is 1. The smallest absolute Gasteiger partial charge is 0.137 e. The number of nitriles is 1. The van der Waals surface area contributed by atoms with Crippen molar-refractivity contribution in [2.24, 2.45) is 0 Å². The van der Waals surface area contributed by atoms with Crippen LogP contribution in [-0.2, 0) is 11.2 Å². The molecule has 0 saturated carbocycles. The van der Waals surface area contributed by atoms with Crippen molar-refractivity contribution in [2.75, 3.05) is 0 Å². The number of nitrogens with zero attached hydrogens (tertiary/aromatic N) is 2. The summed E-state index contributed by atoms with van der Waals surface area (Å²) in [6.07, 6.45) is 12.0. The van der Waals surface area contributed by atoms with E-state index >= 15 is 0 Å². The van der Waals surface area contributed by atoms with Crippen LogP contribution in [0.5, 0.6) is 0 Å². The van der Waals surface area contributed by atoms with Crippen molar-refractivity contribution < 1.29 is 4.74 Å². The second-order valence-electron chi connectivity index (χ2n) is 7.11. The highest BCUT2D eigenvalue weighted by atomic mass is 32.1. The zero-order chi connectivity index (χ0) is 19.9. The first-order valence-corrected chi connectivity index (χ1v) is 10.7. The van der Waals surface area contributed by atoms with Crippen molar-refractivity contribution in [1.29, 1.82) is 5.26 Å². The predicted octanol–water partition coefficient (Wildman–Crippen LogP) is 6.70. The van der Waals surface area contributed by atoms with Gasteiger partial charge in [0, 0.05) is 6.20 Å². The van der Waals surface area contributed by atoms with E-state index in [1.54, 1.807) is 11.3 Å². The highest BCUT2D eigenvalue weighted by Crippen LogP contribution is 2.35. The molecule has 0 radical (unpaired) electrons. The predicted molar refractivity (Wildman–Crippen MR) is 117 cm³/mol. The van der Waals surface area contributed by atoms with Crippen molar-refractivity contribution in [3.8, 4) is 16.5 Å². The number of allylic oxidation sites excluding steroid dienone is 5. The second-order valence-corrected chi connectivity index (χ2v) is 8.14. The van der Waals surface area contributed by atoms with Gasteiger partial charge in [0.2, 0.25) is 0 Å². The number of aryl methyl sites for hydroxylation is 1. The molecule has 0 saturated heterocycles. The first kappa shape index (κ1) is 20.1. The van der Waals surface area contributed by atoms with Gasteiger partial charge in [-0.1, -0.05) is 49.8 Å². The van der Waals surface area contributed by atoms with Gasteiger partial charge in [-0.25, -0.2) is 4.98 Å². The first-order valence-electron chi connectivity index (χ1n) is 9.85. The van der Waals surface area contributed by atoms with Crippen LogP contribution in [-0.4, -0.2) is 11.1 Å². The van der Waals surface area contributed by atoms with Crippen molar-refractivity contribution in [1.82, 2.24) is 4.98 Å². The number of unbranched alkanes of at least 4 members (excludes halogenated alkanes) is 1. The number of ether oxygens (including phenoxy) is 1. The molecule has 1 aliphatic rings. The van der Waals surface area contributed by atoms with Crippen LogP contribution in [0.3, 0.4) is 0 Å². The van der Waals surface area contributed by atoms with Crippen LogP contribution >= 0.6 is 11.3 Å². The Labute approximate surface area is 171 Å². The Morgan fingerprint density at radius 1 is 1.25 bits per heavy atom. The molecular formula is C24H26N2OS. The van der Waals surface area contributed by atoms with Crippen LogP contribution in [0.15, 0.2) is 60.0 Å². The lowest BCUT2D eigenvalue weighted by Gasteiger charge is -2.11. The van der Waals surface area contributed by atoms with Crippen molar-refractivity contribution >= 4 is 16.9 Å². The number of hydrogen-bond donors (Lipinski definition) is 0. The Morgan fingerprint density at radius 2 is 2.07 bits per heavy atom. The molecule has 0 aliphatic heterocycles. The van der Waals surface area contributed by atoms with Crippen molar-refractivity contribution in [3.63, 3.8) is 0 Å². The molecule has 0 fully saturated rings. The van der Waals surface area contributed by atoms with E-state index in [0.29, 0.717) is 17.8 Å². The van der Waals surface area contributed by atoms with Crippen molar-refractivity contribution in [3.05, 3.63) is 70.6 Å². The van der Waals surface area contributed by atoms with E-state index in [4.69, 9.17) is 4.74 Å². The van der Waals surface area contributed by atoms with E-state index in [1.807, 2.05) is 38.3 Å². The minimum Gasteiger partial charge on any atom is -0.490 e. The van der Waals surface area contributed by atoms with Crippen LogP contribution in [0, 0.1) is 11.3 Å². The van der Waals surface area contributed by atoms with Crippen molar-refractivity contribution in [2.45, 2.75) is 52.6 Å². The molecule has 0 atom stereocenters. The number of thiazole rings is 1. The molecular weight excluding hydrogens is 364 g/mol. The molecule has 28 heavy (non-hydrogen) atoms. The Morgan fingerprint density at radius 3 is 2.82 bits per heavy atom. The Hall–Kier alpha value is -2.64. The van der Waals surface area contributed by atoms with Gasteiger partial charge in [0.15, 0.2) is 0 Å². The number of benzene rings is 1. The summed E-state index contributed by atoms with van der Waals surface area (Å²) in [4.78, 5) is 5.88. The van der Waals surface area contributed by atoms with Gasteiger partial charge in [-0.3, -0.25) is 0 Å². The fraction of sp³-hybridized carbons (Fsp3) is 0.333. The standard InChI is InChI=1S/C24H26N2OS/c1-4-5-8-18-9-6-7-10-21(18)23-16-26-24(28-23)19-11-12-20(15-25)22(14-13-19)27-17(2)3/h6-7,9-10,12-14,16-17H,4-5,8,11H2,1-3H3. The summed E-state index contributed by atoms with van der Waals surface area (Å²) in [6.45, 7) is 6.16. The maximum Gasteiger partial charge on any atom is 0.137 e. The van der Waals surface area contributed by atoms with Gasteiger partial charge in [0.05, 0.1) is 16.6 Å². The van der Waals surface area contributed by atoms with E-state index in [1.165, 1.54) is 28.8 Å². The van der Waals surface area contributed by atoms with Crippen LogP contribution in [0.25, 0.3) is 16.0 Å². The molecule has 0 amide bonds. The van der Waals surface area contributed by atoms with Gasteiger partial charge >= 0.3 is 0 Å². The summed E-state index contributed by atoms with van der Waals surface area (Å²) in [5.74, 6) is 0.634. The third-order valence-corrected chi connectivity index (χ3v) is 5.68. The first-order chi connectivity index (χ1) is 13.6. The fourth-order valence-electron chi connectivity index (χ4n) is 3.16. The van der Waals surface area contributed by atoms with Crippen LogP contribution in [0.1, 0.15) is 50.6 Å². The molecule has 1 aromatic carbocycles. The fourth-order valence-corrected chi connectivity index (χ4v) is 4.17. The van der Waals surface area contributed by atoms with Gasteiger partial charge < -0.3 is 4.74 Å². The molecule has 1 aliphatic carbocycles. The highest BCUT2D eigenvalue weighted by molar-refractivity contribution is 7.16. The summed E-state index contributed by atoms with van der Waals surface area (Å²) in [6, 6.07) is 10.9. The normalized spacial score (nSPS) is 14.0. The molecule has 2 aromatic rings. The maximum absolute atomic E-state index is 9.44. The lowest BCUT2D eigenvalue weighted by Crippen LogP contribution is -2.03. The SMILES string of the molecule is CCCCc1ccccc1-c1cnc(C2=CC=C(OC(C)C)C(C#N)=CC2)s1. The van der Waals surface area contributed by atoms with Gasteiger partial charge in [0.25, 0.3) is 0 Å². The molecule has 0 bridgehead atoms. The van der Waals surface area contributed by atoms with Gasteiger partial charge in [-0.2, -0.15) is 5.26 Å². The molecule has 1 heterocycles. The largest absolute Gasteiger partial charge is 0.490 e. The van der Waals surface area contributed by atoms with Gasteiger partial charge in [-0.15, -0.1) is 11.3 Å². The maximum atomic E-state index is 9.44. The zero-order valence-corrected chi connectivity index (χ0v) is 17.6. The molecule has 0 unspecified atom stereocenters. The van der Waals surface area contributed by atoms with Gasteiger partial charge in [0.1, 0.15) is 16.8 Å². The molecule has 3 nitrogen and oxygen atoms in total. The minimum atomic E-state index is 0.0315. The minimum absolute atomic E-state index is 0.0315.